The number of nitrogens with one attached hydrogen (secondary N) is 2. The summed E-state index contributed by atoms with van der Waals surface area (Å²) in [7, 11) is 0. The first-order valence-corrected chi connectivity index (χ1v) is 14.4. The number of hydrogen-bond donors (Lipinski definition) is 2. The molecule has 14 heteroatoms. The molecule has 1 fully saturated rings. The fourth-order valence-corrected chi connectivity index (χ4v) is 4.96. The molecule has 1 aliphatic carbocycles. The molecule has 0 bridgehead atoms. The van der Waals surface area contributed by atoms with Gasteiger partial charge in [-0.15, -0.1) is 0 Å². The molecular weight excluding hydrogens is 588 g/mol. The number of ether oxygens (including phenoxy) is 1. The van der Waals surface area contributed by atoms with Crippen molar-refractivity contribution in [3.63, 3.8) is 0 Å². The zero-order valence-electron chi connectivity index (χ0n) is 24.4. The largest absolute Gasteiger partial charge is 0.436 e. The van der Waals surface area contributed by atoms with Crippen LogP contribution in [0.4, 0.5) is 19.3 Å². The van der Waals surface area contributed by atoms with Crippen LogP contribution in [0.2, 0.25) is 0 Å². The lowest BCUT2D eigenvalue weighted by atomic mass is 10.1. The van der Waals surface area contributed by atoms with Crippen molar-refractivity contribution in [1.29, 1.82) is 0 Å². The molecule has 2 N–H and O–H groups in total. The third-order valence-electron chi connectivity index (χ3n) is 7.56. The van der Waals surface area contributed by atoms with Crippen LogP contribution in [0, 0.1) is 11.6 Å². The number of aromatic nitrogens is 4. The van der Waals surface area contributed by atoms with Gasteiger partial charge in [0.2, 0.25) is 5.88 Å². The molecule has 3 amide bonds. The Morgan fingerprint density at radius 2 is 1.80 bits per heavy atom. The van der Waals surface area contributed by atoms with Gasteiger partial charge in [-0.2, -0.15) is 0 Å². The second kappa shape index (κ2) is 11.9. The standard InChI is InChI=1S/C31H29F2N7O5/c1-17(2)39-14-23(29(42)40(31(39)44)21-8-3-18(32)4-9-21)27(41)36-20-7-10-26(24(33)13-20)45-28-22-11-12-38(15-25(22)34-16-35-28)30(43)37-19-5-6-19/h3-4,7-10,13-14,16-17,19H,5-6,11-12,15H2,1-2H3,(H,36,41)(H,37,43). The Balaban J connectivity index is 1.21. The Kier molecular flexibility index (Phi) is 7.87. The minimum Gasteiger partial charge on any atom is -0.436 e. The van der Waals surface area contributed by atoms with Gasteiger partial charge < -0.3 is 20.3 Å². The Morgan fingerprint density at radius 1 is 1.04 bits per heavy atom. The van der Waals surface area contributed by atoms with Crippen LogP contribution in [0.5, 0.6) is 11.6 Å². The molecule has 3 heterocycles. The van der Waals surface area contributed by atoms with Crippen LogP contribution >= 0.6 is 0 Å². The summed E-state index contributed by atoms with van der Waals surface area (Å²) in [5.74, 6) is -2.24. The topological polar surface area (TPSA) is 140 Å². The second-order valence-electron chi connectivity index (χ2n) is 11.1. The Bertz CT molecular complexity index is 1920. The molecule has 1 saturated carbocycles. The van der Waals surface area contributed by atoms with E-state index in [-0.39, 0.29) is 47.2 Å². The predicted octanol–water partition coefficient (Wildman–Crippen LogP) is 3.92. The minimum atomic E-state index is -0.918. The highest BCUT2D eigenvalue weighted by atomic mass is 19.1. The van der Waals surface area contributed by atoms with E-state index in [1.807, 2.05) is 0 Å². The fourth-order valence-electron chi connectivity index (χ4n) is 4.96. The van der Waals surface area contributed by atoms with Gasteiger partial charge in [-0.3, -0.25) is 14.2 Å². The summed E-state index contributed by atoms with van der Waals surface area (Å²) in [4.78, 5) is 62.2. The van der Waals surface area contributed by atoms with Crippen LogP contribution in [-0.4, -0.2) is 48.5 Å². The monoisotopic (exact) mass is 617 g/mol. The summed E-state index contributed by atoms with van der Waals surface area (Å²) >= 11 is 0. The number of fused-ring (bicyclic) bond motifs is 1. The number of hydrogen-bond acceptors (Lipinski definition) is 7. The first-order chi connectivity index (χ1) is 21.6. The van der Waals surface area contributed by atoms with Crippen LogP contribution in [0.25, 0.3) is 5.69 Å². The molecule has 6 rings (SSSR count). The van der Waals surface area contributed by atoms with E-state index in [9.17, 15) is 23.6 Å². The van der Waals surface area contributed by atoms with Crippen molar-refractivity contribution in [2.45, 2.75) is 51.7 Å². The number of halogens is 2. The van der Waals surface area contributed by atoms with E-state index >= 15 is 4.39 Å². The molecule has 0 radical (unpaired) electrons. The molecule has 232 valence electrons. The molecule has 0 saturated heterocycles. The first-order valence-electron chi connectivity index (χ1n) is 14.4. The molecule has 2 aromatic heterocycles. The van der Waals surface area contributed by atoms with Crippen molar-refractivity contribution in [3.05, 3.63) is 104 Å². The SMILES string of the molecule is CC(C)n1cc(C(=O)Nc2ccc(Oc3ncnc4c3CCN(C(=O)NC3CC3)C4)c(F)c2)c(=O)n(-c2ccc(F)cc2)c1=O. The zero-order valence-corrected chi connectivity index (χ0v) is 24.4. The van der Waals surface area contributed by atoms with Crippen LogP contribution < -0.4 is 26.6 Å². The van der Waals surface area contributed by atoms with Gasteiger partial charge in [0.15, 0.2) is 11.6 Å². The summed E-state index contributed by atoms with van der Waals surface area (Å²) < 4.78 is 36.5. The molecule has 1 aliphatic heterocycles. The van der Waals surface area contributed by atoms with Gasteiger partial charge in [-0.25, -0.2) is 32.9 Å². The molecule has 4 aromatic rings. The number of rotatable bonds is 7. The lowest BCUT2D eigenvalue weighted by molar-refractivity contribution is 0.102. The summed E-state index contributed by atoms with van der Waals surface area (Å²) in [6.07, 6.45) is 4.82. The zero-order chi connectivity index (χ0) is 31.8. The Morgan fingerprint density at radius 3 is 2.49 bits per heavy atom. The van der Waals surface area contributed by atoms with Gasteiger partial charge >= 0.3 is 11.7 Å². The van der Waals surface area contributed by atoms with Crippen LogP contribution in [-0.2, 0) is 13.0 Å². The summed E-state index contributed by atoms with van der Waals surface area (Å²) in [6.45, 7) is 4.10. The quantitative estimate of drug-likeness (QED) is 0.320. The minimum absolute atomic E-state index is 0.0295. The number of urea groups is 1. The number of anilines is 1. The van der Waals surface area contributed by atoms with Gasteiger partial charge in [0, 0.05) is 42.1 Å². The maximum Gasteiger partial charge on any atom is 0.335 e. The van der Waals surface area contributed by atoms with Gasteiger partial charge in [0.25, 0.3) is 11.5 Å². The fraction of sp³-hybridized carbons (Fsp3) is 0.290. The molecule has 12 nitrogen and oxygen atoms in total. The van der Waals surface area contributed by atoms with Crippen LogP contribution in [0.1, 0.15) is 54.3 Å². The average molecular weight is 618 g/mol. The highest BCUT2D eigenvalue weighted by molar-refractivity contribution is 6.03. The highest BCUT2D eigenvalue weighted by Crippen LogP contribution is 2.31. The normalized spacial score (nSPS) is 14.2. The van der Waals surface area contributed by atoms with Gasteiger partial charge in [-0.05, 0) is 69.5 Å². The molecule has 0 unspecified atom stereocenters. The number of nitrogens with zero attached hydrogens (tertiary/aromatic N) is 5. The number of carbonyl (C=O) groups is 2. The highest BCUT2D eigenvalue weighted by Gasteiger charge is 2.30. The van der Waals surface area contributed by atoms with E-state index in [4.69, 9.17) is 4.74 Å². The smallest absolute Gasteiger partial charge is 0.335 e. The second-order valence-corrected chi connectivity index (χ2v) is 11.1. The lowest BCUT2D eigenvalue weighted by Crippen LogP contribution is -2.43. The first kappa shape index (κ1) is 29.7. The maximum atomic E-state index is 15.2. The number of benzene rings is 2. The van der Waals surface area contributed by atoms with E-state index < -0.39 is 34.8 Å². The van der Waals surface area contributed by atoms with E-state index in [1.165, 1.54) is 35.2 Å². The van der Waals surface area contributed by atoms with Crippen molar-refractivity contribution in [2.24, 2.45) is 0 Å². The van der Waals surface area contributed by atoms with E-state index in [2.05, 4.69) is 20.6 Å². The van der Waals surface area contributed by atoms with Crippen molar-refractivity contribution < 1.29 is 23.1 Å². The van der Waals surface area contributed by atoms with Gasteiger partial charge in [0.05, 0.1) is 17.9 Å². The van der Waals surface area contributed by atoms with Crippen LogP contribution in [0.3, 0.4) is 0 Å². The Labute approximate surface area is 255 Å². The molecule has 2 aromatic carbocycles. The lowest BCUT2D eigenvalue weighted by Gasteiger charge is -2.28. The molecule has 45 heavy (non-hydrogen) atoms. The molecular formula is C31H29F2N7O5. The predicted molar refractivity (Wildman–Crippen MR) is 159 cm³/mol. The van der Waals surface area contributed by atoms with Crippen molar-refractivity contribution in [3.8, 4) is 17.3 Å². The summed E-state index contributed by atoms with van der Waals surface area (Å²) in [5.41, 5.74) is -0.602. The van der Waals surface area contributed by atoms with Gasteiger partial charge in [0.1, 0.15) is 17.7 Å². The maximum absolute atomic E-state index is 15.2. The van der Waals surface area contributed by atoms with Crippen molar-refractivity contribution in [1.82, 2.24) is 29.3 Å². The van der Waals surface area contributed by atoms with E-state index in [0.29, 0.717) is 24.2 Å². The number of carbonyl (C=O) groups excluding carboxylic acids is 2. The average Bonchev–Trinajstić information content (AvgIpc) is 3.83. The molecule has 2 aliphatic rings. The molecule has 0 atom stereocenters. The number of amides is 3. The summed E-state index contributed by atoms with van der Waals surface area (Å²) in [6, 6.07) is 8.11. The third-order valence-corrected chi connectivity index (χ3v) is 7.56. The van der Waals surface area contributed by atoms with Crippen molar-refractivity contribution >= 4 is 17.6 Å². The van der Waals surface area contributed by atoms with Gasteiger partial charge in [-0.1, -0.05) is 0 Å². The third kappa shape index (κ3) is 6.16. The Hall–Kier alpha value is -5.40. The van der Waals surface area contributed by atoms with Crippen molar-refractivity contribution in [2.75, 3.05) is 11.9 Å². The molecule has 0 spiro atoms. The summed E-state index contributed by atoms with van der Waals surface area (Å²) in [5, 5.41) is 5.45. The van der Waals surface area contributed by atoms with Crippen LogP contribution in [0.15, 0.2) is 64.6 Å². The van der Waals surface area contributed by atoms with E-state index in [0.717, 1.165) is 41.8 Å². The van der Waals surface area contributed by atoms with E-state index in [1.54, 1.807) is 18.7 Å².